The predicted molar refractivity (Wildman–Crippen MR) is 110 cm³/mol. The van der Waals surface area contributed by atoms with Gasteiger partial charge in [-0.1, -0.05) is 18.2 Å². The van der Waals surface area contributed by atoms with Crippen LogP contribution in [0, 0.1) is 5.82 Å². The normalized spacial score (nSPS) is 15.7. The molecule has 0 bridgehead atoms. The quantitative estimate of drug-likeness (QED) is 0.620. The SMILES string of the molecule is O=C(CCc1nc2ccccc2s1)N1CCN(S(=O)(=O)c2cccc(F)c2)CC1. The van der Waals surface area contributed by atoms with Gasteiger partial charge in [0.25, 0.3) is 0 Å². The van der Waals surface area contributed by atoms with Crippen LogP contribution in [0.5, 0.6) is 0 Å². The summed E-state index contributed by atoms with van der Waals surface area (Å²) in [5.41, 5.74) is 0.941. The Morgan fingerprint density at radius 1 is 1.07 bits per heavy atom. The molecule has 1 aliphatic heterocycles. The van der Waals surface area contributed by atoms with E-state index in [0.29, 0.717) is 25.9 Å². The van der Waals surface area contributed by atoms with E-state index in [1.54, 1.807) is 16.2 Å². The Morgan fingerprint density at radius 3 is 2.55 bits per heavy atom. The van der Waals surface area contributed by atoms with Crippen molar-refractivity contribution in [3.8, 4) is 0 Å². The molecule has 1 fully saturated rings. The number of fused-ring (bicyclic) bond motifs is 1. The first kappa shape index (κ1) is 19.9. The monoisotopic (exact) mass is 433 g/mol. The van der Waals surface area contributed by atoms with Crippen LogP contribution in [0.2, 0.25) is 0 Å². The number of piperazine rings is 1. The highest BCUT2D eigenvalue weighted by atomic mass is 32.2. The molecule has 3 aromatic rings. The van der Waals surface area contributed by atoms with Crippen LogP contribution in [0.3, 0.4) is 0 Å². The number of nitrogens with zero attached hydrogens (tertiary/aromatic N) is 3. The Bertz CT molecular complexity index is 1110. The molecule has 2 heterocycles. The Kier molecular flexibility index (Phi) is 5.62. The lowest BCUT2D eigenvalue weighted by Crippen LogP contribution is -2.50. The first-order valence-corrected chi connectivity index (χ1v) is 11.6. The third-order valence-electron chi connectivity index (χ3n) is 4.92. The molecule has 0 atom stereocenters. The second-order valence-electron chi connectivity index (χ2n) is 6.82. The highest BCUT2D eigenvalue weighted by Crippen LogP contribution is 2.23. The summed E-state index contributed by atoms with van der Waals surface area (Å²) >= 11 is 1.59. The molecule has 9 heteroatoms. The molecule has 1 aliphatic rings. The van der Waals surface area contributed by atoms with E-state index < -0.39 is 15.8 Å². The van der Waals surface area contributed by atoms with Crippen molar-refractivity contribution in [1.82, 2.24) is 14.2 Å². The van der Waals surface area contributed by atoms with Gasteiger partial charge in [0.1, 0.15) is 5.82 Å². The summed E-state index contributed by atoms with van der Waals surface area (Å²) in [7, 11) is -3.76. The van der Waals surface area contributed by atoms with Gasteiger partial charge in [0.2, 0.25) is 15.9 Å². The van der Waals surface area contributed by atoms with Crippen molar-refractivity contribution in [2.75, 3.05) is 26.2 Å². The Morgan fingerprint density at radius 2 is 1.83 bits per heavy atom. The summed E-state index contributed by atoms with van der Waals surface area (Å²) in [5, 5.41) is 0.923. The van der Waals surface area contributed by atoms with Crippen molar-refractivity contribution in [2.24, 2.45) is 0 Å². The van der Waals surface area contributed by atoms with Crippen molar-refractivity contribution in [2.45, 2.75) is 17.7 Å². The first-order valence-electron chi connectivity index (χ1n) is 9.31. The molecule has 0 aliphatic carbocycles. The van der Waals surface area contributed by atoms with Gasteiger partial charge < -0.3 is 4.90 Å². The molecule has 1 aromatic heterocycles. The van der Waals surface area contributed by atoms with Gasteiger partial charge in [-0.05, 0) is 30.3 Å². The highest BCUT2D eigenvalue weighted by molar-refractivity contribution is 7.89. The fourth-order valence-electron chi connectivity index (χ4n) is 3.35. The third kappa shape index (κ3) is 4.31. The first-order chi connectivity index (χ1) is 13.9. The van der Waals surface area contributed by atoms with Crippen molar-refractivity contribution in [3.63, 3.8) is 0 Å². The van der Waals surface area contributed by atoms with E-state index >= 15 is 0 Å². The van der Waals surface area contributed by atoms with Crippen LogP contribution < -0.4 is 0 Å². The van der Waals surface area contributed by atoms with Crippen LogP contribution in [0.25, 0.3) is 10.2 Å². The lowest BCUT2D eigenvalue weighted by molar-refractivity contribution is -0.132. The van der Waals surface area contributed by atoms with E-state index in [1.165, 1.54) is 22.5 Å². The fraction of sp³-hybridized carbons (Fsp3) is 0.300. The number of aryl methyl sites for hydroxylation is 1. The molecule has 29 heavy (non-hydrogen) atoms. The number of hydrogen-bond donors (Lipinski definition) is 0. The number of halogens is 1. The number of sulfonamides is 1. The van der Waals surface area contributed by atoms with Gasteiger partial charge in [0.05, 0.1) is 20.1 Å². The smallest absolute Gasteiger partial charge is 0.243 e. The van der Waals surface area contributed by atoms with Gasteiger partial charge in [-0.15, -0.1) is 11.3 Å². The molecule has 152 valence electrons. The number of hydrogen-bond acceptors (Lipinski definition) is 5. The van der Waals surface area contributed by atoms with E-state index in [9.17, 15) is 17.6 Å². The standard InChI is InChI=1S/C20H20FN3O3S2/c21-15-4-3-5-16(14-15)29(26,27)24-12-10-23(11-13-24)20(25)9-8-19-22-17-6-1-2-7-18(17)28-19/h1-7,14H,8-13H2. The van der Waals surface area contributed by atoms with E-state index in [-0.39, 0.29) is 23.9 Å². The summed E-state index contributed by atoms with van der Waals surface area (Å²) in [6.07, 6.45) is 0.913. The Labute approximate surface area is 172 Å². The van der Waals surface area contributed by atoms with Crippen molar-refractivity contribution in [1.29, 1.82) is 0 Å². The van der Waals surface area contributed by atoms with E-state index in [4.69, 9.17) is 0 Å². The van der Waals surface area contributed by atoms with Gasteiger partial charge in [-0.3, -0.25) is 4.79 Å². The van der Waals surface area contributed by atoms with Crippen LogP contribution in [0.1, 0.15) is 11.4 Å². The third-order valence-corrected chi connectivity index (χ3v) is 7.91. The van der Waals surface area contributed by atoms with Gasteiger partial charge in [-0.2, -0.15) is 4.31 Å². The molecular formula is C20H20FN3O3S2. The second-order valence-corrected chi connectivity index (χ2v) is 9.87. The summed E-state index contributed by atoms with van der Waals surface area (Å²) in [6.45, 7) is 1.05. The average Bonchev–Trinajstić information content (AvgIpc) is 3.15. The molecule has 6 nitrogen and oxygen atoms in total. The zero-order valence-electron chi connectivity index (χ0n) is 15.6. The molecule has 0 N–H and O–H groups in total. The van der Waals surface area contributed by atoms with Gasteiger partial charge in [0.15, 0.2) is 0 Å². The van der Waals surface area contributed by atoms with Crippen LogP contribution in [-0.4, -0.2) is 54.7 Å². The summed E-state index contributed by atoms with van der Waals surface area (Å²) in [4.78, 5) is 18.7. The minimum absolute atomic E-state index is 0.00735. The predicted octanol–water partition coefficient (Wildman–Crippen LogP) is 2.90. The highest BCUT2D eigenvalue weighted by Gasteiger charge is 2.30. The summed E-state index contributed by atoms with van der Waals surface area (Å²) < 4.78 is 41.1. The zero-order valence-corrected chi connectivity index (χ0v) is 17.3. The van der Waals surface area contributed by atoms with Crippen LogP contribution >= 0.6 is 11.3 Å². The molecule has 0 spiro atoms. The van der Waals surface area contributed by atoms with E-state index in [1.807, 2.05) is 24.3 Å². The molecule has 2 aromatic carbocycles. The maximum Gasteiger partial charge on any atom is 0.243 e. The number of para-hydroxylation sites is 1. The van der Waals surface area contributed by atoms with E-state index in [2.05, 4.69) is 4.98 Å². The summed E-state index contributed by atoms with van der Waals surface area (Å²) in [5.74, 6) is -0.596. The number of carbonyl (C=O) groups excluding carboxylic acids is 1. The van der Waals surface area contributed by atoms with Crippen molar-refractivity contribution < 1.29 is 17.6 Å². The molecule has 1 amide bonds. The zero-order chi connectivity index (χ0) is 20.4. The number of carbonyl (C=O) groups is 1. The lowest BCUT2D eigenvalue weighted by atomic mass is 10.2. The minimum Gasteiger partial charge on any atom is -0.340 e. The fourth-order valence-corrected chi connectivity index (χ4v) is 5.77. The maximum absolute atomic E-state index is 13.4. The van der Waals surface area contributed by atoms with Gasteiger partial charge in [-0.25, -0.2) is 17.8 Å². The van der Waals surface area contributed by atoms with Crippen molar-refractivity contribution >= 4 is 37.5 Å². The summed E-state index contributed by atoms with van der Waals surface area (Å²) in [6, 6.07) is 12.9. The lowest BCUT2D eigenvalue weighted by Gasteiger charge is -2.34. The van der Waals surface area contributed by atoms with Crippen molar-refractivity contribution in [3.05, 3.63) is 59.4 Å². The second kappa shape index (κ2) is 8.17. The molecular weight excluding hydrogens is 413 g/mol. The number of benzene rings is 2. The van der Waals surface area contributed by atoms with Crippen LogP contribution in [0.15, 0.2) is 53.4 Å². The number of aromatic nitrogens is 1. The molecule has 1 saturated heterocycles. The number of rotatable bonds is 5. The Balaban J connectivity index is 1.33. The van der Waals surface area contributed by atoms with Crippen LogP contribution in [0.4, 0.5) is 4.39 Å². The van der Waals surface area contributed by atoms with Gasteiger partial charge >= 0.3 is 0 Å². The molecule has 0 unspecified atom stereocenters. The number of thiazole rings is 1. The average molecular weight is 434 g/mol. The Hall–Kier alpha value is -2.36. The molecule has 0 radical (unpaired) electrons. The maximum atomic E-state index is 13.4. The van der Waals surface area contributed by atoms with Crippen LogP contribution in [-0.2, 0) is 21.2 Å². The van der Waals surface area contributed by atoms with Gasteiger partial charge in [0, 0.05) is 39.0 Å². The largest absolute Gasteiger partial charge is 0.340 e. The topological polar surface area (TPSA) is 70.6 Å². The van der Waals surface area contributed by atoms with E-state index in [0.717, 1.165) is 21.3 Å². The minimum atomic E-state index is -3.76. The number of amides is 1. The molecule has 0 saturated carbocycles. The molecule has 4 rings (SSSR count).